The largest absolute Gasteiger partial charge is 0.493 e. The van der Waals surface area contributed by atoms with Gasteiger partial charge in [-0.2, -0.15) is 0 Å². The molecule has 2 N–H and O–H groups in total. The lowest BCUT2D eigenvalue weighted by atomic mass is 10.1. The fourth-order valence-corrected chi connectivity index (χ4v) is 3.23. The number of aliphatic carboxylic acids is 1. The molecule has 2 aromatic carbocycles. The van der Waals surface area contributed by atoms with Gasteiger partial charge in [-0.1, -0.05) is 12.1 Å². The fraction of sp³-hybridized carbons (Fsp3) is 0.182. The van der Waals surface area contributed by atoms with Crippen molar-refractivity contribution < 1.29 is 43.2 Å². The van der Waals surface area contributed by atoms with Gasteiger partial charge in [0.05, 0.1) is 12.8 Å². The summed E-state index contributed by atoms with van der Waals surface area (Å²) >= 11 is 0. The van der Waals surface area contributed by atoms with Crippen LogP contribution in [-0.4, -0.2) is 48.9 Å². The molecule has 0 saturated carbocycles. The number of carboxylic acid groups (broad SMARTS) is 1. The standard InChI is InChI=1S/C22H18N2O9/c1-11(21(27)28)33-18-12(4-3-5-16(18)30-2)8-14-19(25)23-22(29)24(20(14)26)13-6-7-15-17(9-13)32-10-31-15/h3-9,11H,10H2,1-2H3,(H,27,28)(H,23,25,29)/b14-8+/t11-/m0/s1. The molecule has 0 spiro atoms. The van der Waals surface area contributed by atoms with E-state index in [4.69, 9.17) is 18.9 Å². The van der Waals surface area contributed by atoms with Gasteiger partial charge in [-0.15, -0.1) is 0 Å². The first kappa shape index (κ1) is 21.7. The van der Waals surface area contributed by atoms with Gasteiger partial charge in [0, 0.05) is 11.6 Å². The zero-order valence-electron chi connectivity index (χ0n) is 17.5. The predicted octanol–water partition coefficient (Wildman–Crippen LogP) is 1.94. The molecular weight excluding hydrogens is 436 g/mol. The number of amides is 4. The Morgan fingerprint density at radius 3 is 2.67 bits per heavy atom. The van der Waals surface area contributed by atoms with Crippen LogP contribution in [0.2, 0.25) is 0 Å². The number of carboxylic acids is 1. The van der Waals surface area contributed by atoms with Crippen LogP contribution in [0.25, 0.3) is 6.08 Å². The van der Waals surface area contributed by atoms with E-state index in [0.717, 1.165) is 4.90 Å². The second kappa shape index (κ2) is 8.54. The number of barbiturate groups is 1. The summed E-state index contributed by atoms with van der Waals surface area (Å²) in [6, 6.07) is 8.17. The lowest BCUT2D eigenvalue weighted by molar-refractivity contribution is -0.144. The summed E-state index contributed by atoms with van der Waals surface area (Å²) in [6.45, 7) is 1.33. The maximum Gasteiger partial charge on any atom is 0.344 e. The molecule has 2 aliphatic heterocycles. The third-order valence-corrected chi connectivity index (χ3v) is 4.89. The van der Waals surface area contributed by atoms with Crippen molar-refractivity contribution in [2.75, 3.05) is 18.8 Å². The van der Waals surface area contributed by atoms with Crippen LogP contribution in [0.5, 0.6) is 23.0 Å². The summed E-state index contributed by atoms with van der Waals surface area (Å²) in [5, 5.41) is 11.3. The van der Waals surface area contributed by atoms with E-state index < -0.39 is 29.9 Å². The lowest BCUT2D eigenvalue weighted by Gasteiger charge is -2.26. The minimum absolute atomic E-state index is 0.00987. The number of urea groups is 1. The highest BCUT2D eigenvalue weighted by atomic mass is 16.7. The van der Waals surface area contributed by atoms with Gasteiger partial charge in [0.25, 0.3) is 11.8 Å². The van der Waals surface area contributed by atoms with E-state index in [1.54, 1.807) is 12.1 Å². The second-order valence-electron chi connectivity index (χ2n) is 6.97. The van der Waals surface area contributed by atoms with Gasteiger partial charge in [0.2, 0.25) is 6.79 Å². The van der Waals surface area contributed by atoms with Crippen LogP contribution in [0.3, 0.4) is 0 Å². The second-order valence-corrected chi connectivity index (χ2v) is 6.97. The van der Waals surface area contributed by atoms with Crippen LogP contribution in [0.4, 0.5) is 10.5 Å². The van der Waals surface area contributed by atoms with Crippen molar-refractivity contribution in [1.29, 1.82) is 0 Å². The maximum atomic E-state index is 13.2. The van der Waals surface area contributed by atoms with Gasteiger partial charge < -0.3 is 24.1 Å². The Morgan fingerprint density at radius 1 is 1.18 bits per heavy atom. The smallest absolute Gasteiger partial charge is 0.344 e. The van der Waals surface area contributed by atoms with Gasteiger partial charge >= 0.3 is 12.0 Å². The highest BCUT2D eigenvalue weighted by Gasteiger charge is 2.37. The number of carbonyl (C=O) groups is 4. The first-order chi connectivity index (χ1) is 15.8. The van der Waals surface area contributed by atoms with Crippen LogP contribution >= 0.6 is 0 Å². The molecule has 4 rings (SSSR count). The molecule has 0 bridgehead atoms. The Kier molecular flexibility index (Phi) is 5.61. The number of hydrogen-bond acceptors (Lipinski definition) is 8. The molecule has 33 heavy (non-hydrogen) atoms. The summed E-state index contributed by atoms with van der Waals surface area (Å²) < 4.78 is 21.3. The number of imide groups is 2. The van der Waals surface area contributed by atoms with Crippen molar-refractivity contribution in [2.45, 2.75) is 13.0 Å². The first-order valence-corrected chi connectivity index (χ1v) is 9.67. The third-order valence-electron chi connectivity index (χ3n) is 4.89. The summed E-state index contributed by atoms with van der Waals surface area (Å²) in [4.78, 5) is 50.2. The molecule has 2 aliphatic rings. The van der Waals surface area contributed by atoms with Crippen LogP contribution < -0.4 is 29.2 Å². The summed E-state index contributed by atoms with van der Waals surface area (Å²) in [7, 11) is 1.36. The minimum atomic E-state index is -1.24. The van der Waals surface area contributed by atoms with Gasteiger partial charge in [-0.05, 0) is 31.2 Å². The Labute approximate surface area is 187 Å². The molecule has 11 heteroatoms. The van der Waals surface area contributed by atoms with Gasteiger partial charge in [0.1, 0.15) is 5.57 Å². The van der Waals surface area contributed by atoms with E-state index in [9.17, 15) is 24.3 Å². The Balaban J connectivity index is 1.75. The monoisotopic (exact) mass is 454 g/mol. The molecule has 0 radical (unpaired) electrons. The van der Waals surface area contributed by atoms with E-state index in [1.807, 2.05) is 0 Å². The molecule has 170 valence electrons. The average molecular weight is 454 g/mol. The molecule has 1 atom stereocenters. The lowest BCUT2D eigenvalue weighted by Crippen LogP contribution is -2.54. The van der Waals surface area contributed by atoms with Crippen molar-refractivity contribution in [3.8, 4) is 23.0 Å². The van der Waals surface area contributed by atoms with Crippen LogP contribution in [0.1, 0.15) is 12.5 Å². The number of nitrogens with zero attached hydrogens (tertiary/aromatic N) is 1. The van der Waals surface area contributed by atoms with Gasteiger partial charge in [-0.25, -0.2) is 14.5 Å². The number of rotatable bonds is 6. The highest BCUT2D eigenvalue weighted by molar-refractivity contribution is 6.39. The van der Waals surface area contributed by atoms with E-state index >= 15 is 0 Å². The molecule has 11 nitrogen and oxygen atoms in total. The molecule has 1 saturated heterocycles. The summed E-state index contributed by atoms with van der Waals surface area (Å²) in [5.74, 6) is -1.99. The Hall–Kier alpha value is -4.54. The summed E-state index contributed by atoms with van der Waals surface area (Å²) in [5.41, 5.74) is 0.0102. The predicted molar refractivity (Wildman–Crippen MR) is 112 cm³/mol. The Morgan fingerprint density at radius 2 is 1.94 bits per heavy atom. The van der Waals surface area contributed by atoms with Crippen LogP contribution in [-0.2, 0) is 14.4 Å². The van der Waals surface area contributed by atoms with Crippen molar-refractivity contribution in [1.82, 2.24) is 5.32 Å². The molecule has 2 heterocycles. The van der Waals surface area contributed by atoms with Crippen molar-refractivity contribution in [3.05, 3.63) is 47.5 Å². The normalized spacial score (nSPS) is 17.1. The molecule has 2 aromatic rings. The van der Waals surface area contributed by atoms with Gasteiger partial charge in [0.15, 0.2) is 29.1 Å². The van der Waals surface area contributed by atoms with Crippen molar-refractivity contribution in [2.24, 2.45) is 0 Å². The summed E-state index contributed by atoms with van der Waals surface area (Å²) in [6.07, 6.45) is -0.0303. The number of benzene rings is 2. The zero-order valence-corrected chi connectivity index (χ0v) is 17.5. The van der Waals surface area contributed by atoms with E-state index in [0.29, 0.717) is 11.5 Å². The topological polar surface area (TPSA) is 141 Å². The van der Waals surface area contributed by atoms with Crippen molar-refractivity contribution in [3.63, 3.8) is 0 Å². The molecular formula is C22H18N2O9. The molecule has 4 amide bonds. The maximum absolute atomic E-state index is 13.2. The number of para-hydroxylation sites is 1. The number of fused-ring (bicyclic) bond motifs is 1. The van der Waals surface area contributed by atoms with E-state index in [1.165, 1.54) is 44.4 Å². The van der Waals surface area contributed by atoms with E-state index in [-0.39, 0.29) is 35.1 Å². The Bertz CT molecular complexity index is 1200. The molecule has 0 aliphatic carbocycles. The average Bonchev–Trinajstić information content (AvgIpc) is 3.25. The number of ether oxygens (including phenoxy) is 4. The first-order valence-electron chi connectivity index (χ1n) is 9.67. The molecule has 0 aromatic heterocycles. The van der Waals surface area contributed by atoms with Crippen LogP contribution in [0.15, 0.2) is 42.0 Å². The fourth-order valence-electron chi connectivity index (χ4n) is 3.23. The number of carbonyl (C=O) groups excluding carboxylic acids is 3. The molecule has 0 unspecified atom stereocenters. The number of anilines is 1. The highest BCUT2D eigenvalue weighted by Crippen LogP contribution is 2.37. The van der Waals surface area contributed by atoms with E-state index in [2.05, 4.69) is 5.32 Å². The minimum Gasteiger partial charge on any atom is -0.493 e. The zero-order chi connectivity index (χ0) is 23.7. The third kappa shape index (κ3) is 4.03. The van der Waals surface area contributed by atoms with Crippen molar-refractivity contribution >= 4 is 35.6 Å². The van der Waals surface area contributed by atoms with Crippen LogP contribution in [0, 0.1) is 0 Å². The SMILES string of the molecule is COc1cccc(/C=C2\C(=O)NC(=O)N(c3ccc4c(c3)OCO4)C2=O)c1O[C@@H](C)C(=O)O. The van der Waals surface area contributed by atoms with Gasteiger partial charge in [-0.3, -0.25) is 14.9 Å². The number of hydrogen-bond donors (Lipinski definition) is 2. The molecule has 1 fully saturated rings. The number of nitrogens with one attached hydrogen (secondary N) is 1. The quantitative estimate of drug-likeness (QED) is 0.495. The number of methoxy groups -OCH3 is 1.